The first kappa shape index (κ1) is 17.7. The molecule has 0 amide bonds. The van der Waals surface area contributed by atoms with Crippen LogP contribution in [0, 0.1) is 0 Å². The molecular formula is C19H29FO. The van der Waals surface area contributed by atoms with E-state index in [1.807, 2.05) is 30.3 Å². The standard InChI is InChI=1S/C19H29FO/c1-4-6-7-8-9-12-17(20)15-21-19-14-11-10-13-18(19)16(3)5-2/h5,10-11,13-14,16-17H,2,4,6-9,12,15H2,1,3H3. The Morgan fingerprint density at radius 1 is 1.19 bits per heavy atom. The van der Waals surface area contributed by atoms with Crippen LogP contribution in [0.1, 0.15) is 63.9 Å². The Labute approximate surface area is 129 Å². The Kier molecular flexibility index (Phi) is 8.80. The number of allylic oxidation sites excluding steroid dienone is 1. The minimum atomic E-state index is -0.876. The summed E-state index contributed by atoms with van der Waals surface area (Å²) in [6.07, 6.45) is 7.36. The number of benzene rings is 1. The second kappa shape index (κ2) is 10.4. The van der Waals surface area contributed by atoms with E-state index in [-0.39, 0.29) is 12.5 Å². The van der Waals surface area contributed by atoms with E-state index in [1.54, 1.807) is 0 Å². The first-order valence-electron chi connectivity index (χ1n) is 8.17. The molecule has 0 radical (unpaired) electrons. The maximum atomic E-state index is 13.9. The van der Waals surface area contributed by atoms with Crippen molar-refractivity contribution < 1.29 is 9.13 Å². The van der Waals surface area contributed by atoms with Gasteiger partial charge in [-0.15, -0.1) is 6.58 Å². The molecule has 0 spiro atoms. The van der Waals surface area contributed by atoms with Gasteiger partial charge in [-0.25, -0.2) is 4.39 Å². The van der Waals surface area contributed by atoms with Crippen LogP contribution < -0.4 is 4.74 Å². The van der Waals surface area contributed by atoms with E-state index in [0.29, 0.717) is 6.42 Å². The topological polar surface area (TPSA) is 9.23 Å². The highest BCUT2D eigenvalue weighted by Gasteiger charge is 2.11. The van der Waals surface area contributed by atoms with Crippen LogP contribution in [0.2, 0.25) is 0 Å². The van der Waals surface area contributed by atoms with Crippen molar-refractivity contribution >= 4 is 0 Å². The molecule has 1 aromatic rings. The molecule has 2 heteroatoms. The number of alkyl halides is 1. The summed E-state index contributed by atoms with van der Waals surface area (Å²) in [5.41, 5.74) is 1.07. The third kappa shape index (κ3) is 6.79. The summed E-state index contributed by atoms with van der Waals surface area (Å²) in [6, 6.07) is 7.82. The van der Waals surface area contributed by atoms with Gasteiger partial charge >= 0.3 is 0 Å². The summed E-state index contributed by atoms with van der Waals surface area (Å²) < 4.78 is 19.5. The summed E-state index contributed by atoms with van der Waals surface area (Å²) in [5, 5.41) is 0. The van der Waals surface area contributed by atoms with Gasteiger partial charge in [0.15, 0.2) is 0 Å². The minimum absolute atomic E-state index is 0.147. The lowest BCUT2D eigenvalue weighted by molar-refractivity contribution is 0.182. The molecule has 0 bridgehead atoms. The zero-order chi connectivity index (χ0) is 15.5. The molecule has 2 atom stereocenters. The SMILES string of the molecule is C=CC(C)c1ccccc1OCC(F)CCCCCCC. The van der Waals surface area contributed by atoms with Gasteiger partial charge < -0.3 is 4.74 Å². The van der Waals surface area contributed by atoms with Crippen molar-refractivity contribution in [2.75, 3.05) is 6.61 Å². The van der Waals surface area contributed by atoms with Gasteiger partial charge in [0.25, 0.3) is 0 Å². The van der Waals surface area contributed by atoms with Crippen LogP contribution in [0.5, 0.6) is 5.75 Å². The summed E-state index contributed by atoms with van der Waals surface area (Å²) in [7, 11) is 0. The molecule has 0 aliphatic heterocycles. The number of halogens is 1. The Balaban J connectivity index is 2.35. The largest absolute Gasteiger partial charge is 0.490 e. The number of para-hydroxylation sites is 1. The van der Waals surface area contributed by atoms with Crippen LogP contribution in [-0.2, 0) is 0 Å². The highest BCUT2D eigenvalue weighted by atomic mass is 19.1. The molecule has 118 valence electrons. The predicted molar refractivity (Wildman–Crippen MR) is 88.8 cm³/mol. The summed E-state index contributed by atoms with van der Waals surface area (Å²) in [5.74, 6) is 0.992. The van der Waals surface area contributed by atoms with E-state index in [2.05, 4.69) is 20.4 Å². The maximum absolute atomic E-state index is 13.9. The normalized spacial score (nSPS) is 13.7. The van der Waals surface area contributed by atoms with Gasteiger partial charge in [0, 0.05) is 11.5 Å². The van der Waals surface area contributed by atoms with Crippen LogP contribution in [0.25, 0.3) is 0 Å². The molecule has 1 nitrogen and oxygen atoms in total. The zero-order valence-electron chi connectivity index (χ0n) is 13.5. The fourth-order valence-corrected chi connectivity index (χ4v) is 2.35. The fraction of sp³-hybridized carbons (Fsp3) is 0.579. The number of unbranched alkanes of at least 4 members (excludes halogenated alkanes) is 4. The highest BCUT2D eigenvalue weighted by Crippen LogP contribution is 2.27. The Bertz CT molecular complexity index is 402. The zero-order valence-corrected chi connectivity index (χ0v) is 13.5. The molecule has 0 saturated carbocycles. The molecule has 21 heavy (non-hydrogen) atoms. The van der Waals surface area contributed by atoms with Crippen LogP contribution >= 0.6 is 0 Å². The van der Waals surface area contributed by atoms with Gasteiger partial charge in [-0.1, -0.05) is 70.2 Å². The average Bonchev–Trinajstić information content (AvgIpc) is 2.52. The first-order valence-corrected chi connectivity index (χ1v) is 8.17. The number of hydrogen-bond acceptors (Lipinski definition) is 1. The Hall–Kier alpha value is -1.31. The summed E-state index contributed by atoms with van der Waals surface area (Å²) in [4.78, 5) is 0. The van der Waals surface area contributed by atoms with Gasteiger partial charge in [0.05, 0.1) is 0 Å². The van der Waals surface area contributed by atoms with Crippen LogP contribution in [0.3, 0.4) is 0 Å². The summed E-state index contributed by atoms with van der Waals surface area (Å²) >= 11 is 0. The lowest BCUT2D eigenvalue weighted by Gasteiger charge is -2.16. The minimum Gasteiger partial charge on any atom is -0.490 e. The van der Waals surface area contributed by atoms with Crippen LogP contribution in [-0.4, -0.2) is 12.8 Å². The van der Waals surface area contributed by atoms with Crippen molar-refractivity contribution in [1.29, 1.82) is 0 Å². The van der Waals surface area contributed by atoms with E-state index in [4.69, 9.17) is 4.74 Å². The van der Waals surface area contributed by atoms with Crippen molar-refractivity contribution in [2.24, 2.45) is 0 Å². The molecule has 0 saturated heterocycles. The molecule has 0 aliphatic carbocycles. The van der Waals surface area contributed by atoms with Crippen molar-refractivity contribution in [3.63, 3.8) is 0 Å². The van der Waals surface area contributed by atoms with E-state index < -0.39 is 6.17 Å². The van der Waals surface area contributed by atoms with Gasteiger partial charge in [0.2, 0.25) is 0 Å². The Morgan fingerprint density at radius 2 is 1.90 bits per heavy atom. The van der Waals surface area contributed by atoms with Crippen molar-refractivity contribution in [3.05, 3.63) is 42.5 Å². The van der Waals surface area contributed by atoms with Crippen molar-refractivity contribution in [1.82, 2.24) is 0 Å². The van der Waals surface area contributed by atoms with Crippen molar-refractivity contribution in [3.8, 4) is 5.75 Å². The first-order chi connectivity index (χ1) is 10.2. The lowest BCUT2D eigenvalue weighted by atomic mass is 10.0. The Morgan fingerprint density at radius 3 is 2.62 bits per heavy atom. The van der Waals surface area contributed by atoms with E-state index in [0.717, 1.165) is 24.2 Å². The molecule has 1 aromatic carbocycles. The van der Waals surface area contributed by atoms with E-state index in [1.165, 1.54) is 19.3 Å². The monoisotopic (exact) mass is 292 g/mol. The highest BCUT2D eigenvalue weighted by molar-refractivity contribution is 5.37. The molecule has 2 unspecified atom stereocenters. The van der Waals surface area contributed by atoms with E-state index >= 15 is 0 Å². The van der Waals surface area contributed by atoms with Crippen molar-refractivity contribution in [2.45, 2.75) is 64.5 Å². The van der Waals surface area contributed by atoms with Gasteiger partial charge in [0.1, 0.15) is 18.5 Å². The fourth-order valence-electron chi connectivity index (χ4n) is 2.35. The van der Waals surface area contributed by atoms with E-state index in [9.17, 15) is 4.39 Å². The molecule has 0 aromatic heterocycles. The smallest absolute Gasteiger partial charge is 0.134 e. The molecule has 0 heterocycles. The maximum Gasteiger partial charge on any atom is 0.134 e. The van der Waals surface area contributed by atoms with Crippen LogP contribution in [0.15, 0.2) is 36.9 Å². The number of rotatable bonds is 11. The van der Waals surface area contributed by atoms with Crippen LogP contribution in [0.4, 0.5) is 4.39 Å². The lowest BCUT2D eigenvalue weighted by Crippen LogP contribution is -2.13. The van der Waals surface area contributed by atoms with Gasteiger partial charge in [-0.3, -0.25) is 0 Å². The van der Waals surface area contributed by atoms with Gasteiger partial charge in [-0.05, 0) is 12.5 Å². The predicted octanol–water partition coefficient (Wildman–Crippen LogP) is 6.05. The average molecular weight is 292 g/mol. The van der Waals surface area contributed by atoms with Gasteiger partial charge in [-0.2, -0.15) is 0 Å². The quantitative estimate of drug-likeness (QED) is 0.356. The third-order valence-corrected chi connectivity index (χ3v) is 3.80. The molecule has 0 N–H and O–H groups in total. The second-order valence-electron chi connectivity index (χ2n) is 5.67. The third-order valence-electron chi connectivity index (χ3n) is 3.80. The molecule has 0 aliphatic rings. The number of ether oxygens (including phenoxy) is 1. The molecular weight excluding hydrogens is 263 g/mol. The summed E-state index contributed by atoms with van der Waals surface area (Å²) in [6.45, 7) is 8.21. The molecule has 0 fully saturated rings. The molecule has 1 rings (SSSR count). The number of hydrogen-bond donors (Lipinski definition) is 0. The second-order valence-corrected chi connectivity index (χ2v) is 5.67.